The molecule has 1 aromatic rings. The van der Waals surface area contributed by atoms with Crippen LogP contribution in [-0.4, -0.2) is 5.54 Å². The smallest absolute Gasteiger partial charge is 0.0379 e. The normalized spacial score (nSPS) is 22.0. The van der Waals surface area contributed by atoms with Crippen LogP contribution < -0.4 is 5.32 Å². The lowest BCUT2D eigenvalue weighted by Crippen LogP contribution is -2.49. The van der Waals surface area contributed by atoms with E-state index in [4.69, 9.17) is 0 Å². The quantitative estimate of drug-likeness (QED) is 0.773. The predicted octanol–water partition coefficient (Wildman–Crippen LogP) is 5.50. The summed E-state index contributed by atoms with van der Waals surface area (Å²) in [5.74, 6) is 0. The monoisotopic (exact) mass is 287 g/mol. The molecule has 2 rings (SSSR count). The van der Waals surface area contributed by atoms with Crippen molar-refractivity contribution in [1.29, 1.82) is 0 Å². The Labute approximate surface area is 131 Å². The predicted molar refractivity (Wildman–Crippen MR) is 92.6 cm³/mol. The molecule has 1 nitrogen and oxygen atoms in total. The maximum atomic E-state index is 4.00. The van der Waals surface area contributed by atoms with E-state index in [2.05, 4.69) is 78.0 Å². The van der Waals surface area contributed by atoms with Crippen LogP contribution in [0.3, 0.4) is 0 Å². The van der Waals surface area contributed by atoms with Gasteiger partial charge in [-0.3, -0.25) is 0 Å². The van der Waals surface area contributed by atoms with Crippen molar-refractivity contribution in [3.8, 4) is 0 Å². The highest BCUT2D eigenvalue weighted by molar-refractivity contribution is 5.34. The van der Waals surface area contributed by atoms with Gasteiger partial charge >= 0.3 is 0 Å². The second-order valence-electron chi connectivity index (χ2n) is 9.39. The highest BCUT2D eigenvalue weighted by Gasteiger charge is 2.39. The third-order valence-electron chi connectivity index (χ3n) is 4.69. The minimum absolute atomic E-state index is 0.143. The lowest BCUT2D eigenvalue weighted by molar-refractivity contribution is 0.141. The van der Waals surface area contributed by atoms with Gasteiger partial charge in [-0.25, -0.2) is 0 Å². The first kappa shape index (κ1) is 16.5. The van der Waals surface area contributed by atoms with E-state index >= 15 is 0 Å². The van der Waals surface area contributed by atoms with Crippen LogP contribution in [0.5, 0.6) is 0 Å². The molecule has 0 heterocycles. The zero-order valence-electron chi connectivity index (χ0n) is 15.0. The molecule has 21 heavy (non-hydrogen) atoms. The van der Waals surface area contributed by atoms with Crippen molar-refractivity contribution in [2.24, 2.45) is 10.8 Å². The molecule has 1 N–H and O–H groups in total. The van der Waals surface area contributed by atoms with Gasteiger partial charge in [0.2, 0.25) is 0 Å². The molecule has 0 spiro atoms. The van der Waals surface area contributed by atoms with E-state index in [9.17, 15) is 0 Å². The molecule has 0 radical (unpaired) electrons. The van der Waals surface area contributed by atoms with Crippen molar-refractivity contribution < 1.29 is 0 Å². The first-order chi connectivity index (χ1) is 9.50. The Bertz CT molecular complexity index is 491. The minimum Gasteiger partial charge on any atom is -0.304 e. The van der Waals surface area contributed by atoms with Crippen LogP contribution in [-0.2, 0) is 6.42 Å². The molecule has 0 aromatic heterocycles. The number of hydrogen-bond acceptors (Lipinski definition) is 1. The van der Waals surface area contributed by atoms with Gasteiger partial charge in [0.15, 0.2) is 0 Å². The van der Waals surface area contributed by atoms with Gasteiger partial charge in [-0.05, 0) is 55.1 Å². The number of fused-ring (bicyclic) bond motifs is 1. The lowest BCUT2D eigenvalue weighted by atomic mass is 9.69. The van der Waals surface area contributed by atoms with Crippen molar-refractivity contribution >= 4 is 0 Å². The minimum atomic E-state index is 0.143. The van der Waals surface area contributed by atoms with Gasteiger partial charge in [-0.15, -0.1) is 0 Å². The van der Waals surface area contributed by atoms with E-state index in [0.717, 1.165) is 0 Å². The summed E-state index contributed by atoms with van der Waals surface area (Å²) in [5.41, 5.74) is 3.83. The van der Waals surface area contributed by atoms with Gasteiger partial charge in [0.25, 0.3) is 0 Å². The van der Waals surface area contributed by atoms with Crippen molar-refractivity contribution in [2.45, 2.75) is 79.3 Å². The Morgan fingerprint density at radius 1 is 1.10 bits per heavy atom. The largest absolute Gasteiger partial charge is 0.304 e. The highest BCUT2D eigenvalue weighted by Crippen LogP contribution is 2.45. The average molecular weight is 287 g/mol. The summed E-state index contributed by atoms with van der Waals surface area (Å²) < 4.78 is 0. The first-order valence-corrected chi connectivity index (χ1v) is 8.36. The third-order valence-corrected chi connectivity index (χ3v) is 4.69. The van der Waals surface area contributed by atoms with Crippen LogP contribution in [0.1, 0.15) is 78.5 Å². The Hall–Kier alpha value is -0.820. The van der Waals surface area contributed by atoms with Gasteiger partial charge < -0.3 is 5.32 Å². The Balaban J connectivity index is 2.28. The molecule has 0 saturated heterocycles. The summed E-state index contributed by atoms with van der Waals surface area (Å²) >= 11 is 0. The Kier molecular flexibility index (Phi) is 4.28. The summed E-state index contributed by atoms with van der Waals surface area (Å²) in [6.07, 6.45) is 3.64. The molecule has 0 fully saturated rings. The molecule has 1 heteroatoms. The van der Waals surface area contributed by atoms with Crippen molar-refractivity contribution in [1.82, 2.24) is 5.32 Å². The maximum Gasteiger partial charge on any atom is 0.0379 e. The Morgan fingerprint density at radius 3 is 2.33 bits per heavy atom. The fourth-order valence-corrected chi connectivity index (χ4v) is 4.11. The Morgan fingerprint density at radius 2 is 1.71 bits per heavy atom. The van der Waals surface area contributed by atoms with Crippen LogP contribution in [0.25, 0.3) is 0 Å². The molecular weight excluding hydrogens is 254 g/mol. The summed E-state index contributed by atoms with van der Waals surface area (Å²) in [7, 11) is 0. The number of benzene rings is 1. The van der Waals surface area contributed by atoms with Gasteiger partial charge in [-0.2, -0.15) is 0 Å². The van der Waals surface area contributed by atoms with Crippen LogP contribution in [0.15, 0.2) is 24.3 Å². The molecular formula is C20H33N. The van der Waals surface area contributed by atoms with Crippen molar-refractivity contribution in [3.63, 3.8) is 0 Å². The molecule has 0 saturated carbocycles. The molecule has 118 valence electrons. The van der Waals surface area contributed by atoms with Crippen LogP contribution in [0, 0.1) is 10.8 Å². The average Bonchev–Trinajstić information content (AvgIpc) is 2.30. The van der Waals surface area contributed by atoms with E-state index in [1.54, 1.807) is 0 Å². The molecule has 1 unspecified atom stereocenters. The van der Waals surface area contributed by atoms with E-state index in [0.29, 0.717) is 16.9 Å². The number of aryl methyl sites for hydroxylation is 1. The second kappa shape index (κ2) is 5.43. The van der Waals surface area contributed by atoms with Gasteiger partial charge in [-0.1, -0.05) is 58.9 Å². The topological polar surface area (TPSA) is 12.0 Å². The van der Waals surface area contributed by atoms with Crippen molar-refractivity contribution in [3.05, 3.63) is 35.4 Å². The zero-order valence-corrected chi connectivity index (χ0v) is 15.0. The number of nitrogens with one attached hydrogen (secondary N) is 1. The molecule has 0 amide bonds. The first-order valence-electron chi connectivity index (χ1n) is 8.36. The van der Waals surface area contributed by atoms with Gasteiger partial charge in [0.1, 0.15) is 0 Å². The molecule has 1 aliphatic carbocycles. The van der Waals surface area contributed by atoms with E-state index in [1.807, 2.05) is 0 Å². The number of hydrogen-bond donors (Lipinski definition) is 1. The maximum absolute atomic E-state index is 4.00. The summed E-state index contributed by atoms with van der Waals surface area (Å²) in [4.78, 5) is 0. The second-order valence-corrected chi connectivity index (χ2v) is 9.39. The van der Waals surface area contributed by atoms with E-state index in [1.165, 1.54) is 30.4 Å². The van der Waals surface area contributed by atoms with Gasteiger partial charge in [0.05, 0.1) is 0 Å². The fourth-order valence-electron chi connectivity index (χ4n) is 4.11. The third kappa shape index (κ3) is 4.10. The molecule has 0 bridgehead atoms. The van der Waals surface area contributed by atoms with Crippen LogP contribution >= 0.6 is 0 Å². The summed E-state index contributed by atoms with van der Waals surface area (Å²) in [5, 5.41) is 4.00. The van der Waals surface area contributed by atoms with Gasteiger partial charge in [0, 0.05) is 11.6 Å². The van der Waals surface area contributed by atoms with Crippen molar-refractivity contribution in [2.75, 3.05) is 0 Å². The highest BCUT2D eigenvalue weighted by atomic mass is 15.0. The van der Waals surface area contributed by atoms with E-state index < -0.39 is 0 Å². The molecule has 1 aliphatic rings. The summed E-state index contributed by atoms with van der Waals surface area (Å²) in [6.45, 7) is 16.5. The van der Waals surface area contributed by atoms with Crippen LogP contribution in [0.2, 0.25) is 0 Å². The molecule has 1 atom stereocenters. The molecule has 0 aliphatic heterocycles. The fraction of sp³-hybridized carbons (Fsp3) is 0.700. The standard InChI is InChI=1S/C20H33N/c1-18(2,3)14-20(6,7)21-17-16-11-9-8-10-15(16)12-13-19(17,4)5/h8-11,17,21H,12-14H2,1-7H3. The zero-order chi connectivity index (χ0) is 15.9. The van der Waals surface area contributed by atoms with E-state index in [-0.39, 0.29) is 5.54 Å². The van der Waals surface area contributed by atoms with Crippen LogP contribution in [0.4, 0.5) is 0 Å². The number of rotatable bonds is 3. The summed E-state index contributed by atoms with van der Waals surface area (Å²) in [6, 6.07) is 9.43. The SMILES string of the molecule is CC(C)(C)CC(C)(C)NC1c2ccccc2CCC1(C)C. The lowest BCUT2D eigenvalue weighted by Gasteiger charge is -2.46. The molecule has 1 aromatic carbocycles.